The Morgan fingerprint density at radius 2 is 2.24 bits per heavy atom. The van der Waals surface area contributed by atoms with Gasteiger partial charge in [0.2, 0.25) is 5.95 Å². The predicted molar refractivity (Wildman–Crippen MR) is 79.3 cm³/mol. The van der Waals surface area contributed by atoms with Crippen LogP contribution in [0, 0.1) is 0 Å². The summed E-state index contributed by atoms with van der Waals surface area (Å²) in [5.41, 5.74) is 0. The number of nitrogens with zero attached hydrogens (tertiary/aromatic N) is 5. The molecule has 1 saturated heterocycles. The van der Waals surface area contributed by atoms with Gasteiger partial charge < -0.3 is 19.9 Å². The van der Waals surface area contributed by atoms with Crippen LogP contribution >= 0.6 is 0 Å². The topological polar surface area (TPSA) is 83.5 Å². The summed E-state index contributed by atoms with van der Waals surface area (Å²) in [6.07, 6.45) is 3.10. The van der Waals surface area contributed by atoms with E-state index in [0.29, 0.717) is 45.3 Å². The van der Waals surface area contributed by atoms with Gasteiger partial charge in [0, 0.05) is 32.7 Å². The first kappa shape index (κ1) is 15.0. The van der Waals surface area contributed by atoms with Crippen molar-refractivity contribution in [1.82, 2.24) is 20.1 Å². The highest BCUT2D eigenvalue weighted by molar-refractivity contribution is 5.68. The molecule has 8 heteroatoms. The van der Waals surface area contributed by atoms with E-state index in [1.165, 1.54) is 0 Å². The summed E-state index contributed by atoms with van der Waals surface area (Å²) in [6, 6.07) is 0. The number of ether oxygens (including phenoxy) is 1. The molecule has 0 radical (unpaired) electrons. The van der Waals surface area contributed by atoms with E-state index in [9.17, 15) is 4.79 Å². The third-order valence-corrected chi connectivity index (χ3v) is 3.08. The molecule has 0 unspecified atom stereocenters. The number of carbonyl (C=O) groups is 1. The normalized spacial score (nSPS) is 14.7. The molecule has 1 N–H and O–H groups in total. The minimum Gasteiger partial charge on any atom is -0.450 e. The molecule has 8 nitrogen and oxygen atoms in total. The lowest BCUT2D eigenvalue weighted by molar-refractivity contribution is 0.105. The first-order chi connectivity index (χ1) is 10.2. The van der Waals surface area contributed by atoms with Crippen molar-refractivity contribution in [3.63, 3.8) is 0 Å². The molecular formula is C13H20N6O2. The number of piperazine rings is 1. The average Bonchev–Trinajstić information content (AvgIpc) is 2.53. The Hall–Kier alpha value is -2.38. The lowest BCUT2D eigenvalue weighted by atomic mass is 10.3. The fourth-order valence-corrected chi connectivity index (χ4v) is 2.02. The molecule has 21 heavy (non-hydrogen) atoms. The zero-order chi connectivity index (χ0) is 15.1. The van der Waals surface area contributed by atoms with E-state index in [2.05, 4.69) is 32.0 Å². The fraction of sp³-hybridized carbons (Fsp3) is 0.538. The van der Waals surface area contributed by atoms with Gasteiger partial charge in [0.15, 0.2) is 5.82 Å². The number of anilines is 2. The molecule has 1 amide bonds. The second-order valence-corrected chi connectivity index (χ2v) is 4.48. The van der Waals surface area contributed by atoms with Crippen molar-refractivity contribution in [2.75, 3.05) is 49.5 Å². The van der Waals surface area contributed by atoms with Crippen LogP contribution in [0.5, 0.6) is 0 Å². The molecule has 1 aromatic rings. The number of hydrogen-bond donors (Lipinski definition) is 1. The van der Waals surface area contributed by atoms with Gasteiger partial charge in [0.05, 0.1) is 12.8 Å². The molecule has 1 aliphatic rings. The summed E-state index contributed by atoms with van der Waals surface area (Å²) in [7, 11) is 0. The Morgan fingerprint density at radius 1 is 1.48 bits per heavy atom. The van der Waals surface area contributed by atoms with Gasteiger partial charge in [0.25, 0.3) is 0 Å². The van der Waals surface area contributed by atoms with E-state index in [1.807, 2.05) is 0 Å². The Labute approximate surface area is 123 Å². The smallest absolute Gasteiger partial charge is 0.409 e. The zero-order valence-corrected chi connectivity index (χ0v) is 12.2. The molecule has 0 aliphatic carbocycles. The van der Waals surface area contributed by atoms with E-state index >= 15 is 0 Å². The third kappa shape index (κ3) is 4.04. The SMILES string of the molecule is C=CCNc1nncc(N2CCN(C(=O)OCC)CC2)n1. The quantitative estimate of drug-likeness (QED) is 0.802. The first-order valence-electron chi connectivity index (χ1n) is 6.95. The standard InChI is InChI=1S/C13H20N6O2/c1-3-5-14-12-16-11(10-15-17-12)18-6-8-19(9-7-18)13(20)21-4-2/h3,10H,1,4-9H2,2H3,(H,14,16,17). The zero-order valence-electron chi connectivity index (χ0n) is 12.2. The van der Waals surface area contributed by atoms with Gasteiger partial charge in [-0.25, -0.2) is 4.79 Å². The Balaban J connectivity index is 1.92. The maximum atomic E-state index is 11.6. The van der Waals surface area contributed by atoms with Crippen molar-refractivity contribution in [1.29, 1.82) is 0 Å². The second-order valence-electron chi connectivity index (χ2n) is 4.48. The van der Waals surface area contributed by atoms with E-state index in [0.717, 1.165) is 5.82 Å². The minimum atomic E-state index is -0.258. The number of hydrogen-bond acceptors (Lipinski definition) is 7. The monoisotopic (exact) mass is 292 g/mol. The van der Waals surface area contributed by atoms with E-state index in [-0.39, 0.29) is 6.09 Å². The van der Waals surface area contributed by atoms with Gasteiger partial charge in [-0.15, -0.1) is 11.7 Å². The van der Waals surface area contributed by atoms with Gasteiger partial charge in [-0.1, -0.05) is 6.08 Å². The van der Waals surface area contributed by atoms with Gasteiger partial charge in [-0.2, -0.15) is 10.1 Å². The molecule has 1 fully saturated rings. The van der Waals surface area contributed by atoms with Crippen LogP contribution in [0.1, 0.15) is 6.92 Å². The highest BCUT2D eigenvalue weighted by atomic mass is 16.6. The Kier molecular flexibility index (Phi) is 5.30. The lowest BCUT2D eigenvalue weighted by Crippen LogP contribution is -2.49. The molecule has 0 saturated carbocycles. The second kappa shape index (κ2) is 7.41. The number of carbonyl (C=O) groups excluding carboxylic acids is 1. The molecule has 1 aliphatic heterocycles. The molecule has 0 atom stereocenters. The van der Waals surface area contributed by atoms with Crippen LogP contribution in [-0.4, -0.2) is 65.5 Å². The first-order valence-corrected chi connectivity index (χ1v) is 6.95. The van der Waals surface area contributed by atoms with Crippen LogP contribution in [0.4, 0.5) is 16.6 Å². The predicted octanol–water partition coefficient (Wildman–Crippen LogP) is 0.748. The van der Waals surface area contributed by atoms with Crippen LogP contribution in [-0.2, 0) is 4.74 Å². The van der Waals surface area contributed by atoms with Crippen LogP contribution in [0.15, 0.2) is 18.9 Å². The van der Waals surface area contributed by atoms with Crippen LogP contribution in [0.2, 0.25) is 0 Å². The molecular weight excluding hydrogens is 272 g/mol. The number of rotatable bonds is 5. The maximum absolute atomic E-state index is 11.6. The van der Waals surface area contributed by atoms with E-state index in [4.69, 9.17) is 4.74 Å². The van der Waals surface area contributed by atoms with Crippen molar-refractivity contribution in [3.05, 3.63) is 18.9 Å². The van der Waals surface area contributed by atoms with Gasteiger partial charge in [0.1, 0.15) is 0 Å². The minimum absolute atomic E-state index is 0.258. The summed E-state index contributed by atoms with van der Waals surface area (Å²) in [5, 5.41) is 10.9. The number of nitrogens with one attached hydrogen (secondary N) is 1. The summed E-state index contributed by atoms with van der Waals surface area (Å²) >= 11 is 0. The van der Waals surface area contributed by atoms with E-state index in [1.54, 1.807) is 24.1 Å². The van der Waals surface area contributed by atoms with Crippen LogP contribution in [0.25, 0.3) is 0 Å². The highest BCUT2D eigenvalue weighted by Gasteiger charge is 2.23. The Bertz CT molecular complexity index is 487. The van der Waals surface area contributed by atoms with Crippen molar-refractivity contribution < 1.29 is 9.53 Å². The number of aromatic nitrogens is 3. The van der Waals surface area contributed by atoms with Crippen LogP contribution in [0.3, 0.4) is 0 Å². The van der Waals surface area contributed by atoms with Crippen molar-refractivity contribution in [2.45, 2.75) is 6.92 Å². The Morgan fingerprint density at radius 3 is 2.90 bits per heavy atom. The largest absolute Gasteiger partial charge is 0.450 e. The molecule has 0 spiro atoms. The molecule has 114 valence electrons. The van der Waals surface area contributed by atoms with E-state index < -0.39 is 0 Å². The lowest BCUT2D eigenvalue weighted by Gasteiger charge is -2.34. The fourth-order valence-electron chi connectivity index (χ4n) is 2.02. The summed E-state index contributed by atoms with van der Waals surface area (Å²) in [4.78, 5) is 19.8. The molecule has 0 bridgehead atoms. The molecule has 2 heterocycles. The van der Waals surface area contributed by atoms with Crippen molar-refractivity contribution in [3.8, 4) is 0 Å². The van der Waals surface area contributed by atoms with Gasteiger partial charge in [-0.05, 0) is 6.92 Å². The van der Waals surface area contributed by atoms with Crippen molar-refractivity contribution >= 4 is 17.9 Å². The summed E-state index contributed by atoms with van der Waals surface area (Å²) in [5.74, 6) is 1.22. The number of amides is 1. The average molecular weight is 292 g/mol. The highest BCUT2D eigenvalue weighted by Crippen LogP contribution is 2.14. The molecule has 0 aromatic carbocycles. The third-order valence-electron chi connectivity index (χ3n) is 3.08. The van der Waals surface area contributed by atoms with Gasteiger partial charge >= 0.3 is 6.09 Å². The van der Waals surface area contributed by atoms with Gasteiger partial charge in [-0.3, -0.25) is 0 Å². The maximum Gasteiger partial charge on any atom is 0.409 e. The summed E-state index contributed by atoms with van der Waals surface area (Å²) in [6.45, 7) is 9.02. The van der Waals surface area contributed by atoms with Crippen LogP contribution < -0.4 is 10.2 Å². The summed E-state index contributed by atoms with van der Waals surface area (Å²) < 4.78 is 5.00. The molecule has 2 rings (SSSR count). The molecule has 1 aromatic heterocycles. The van der Waals surface area contributed by atoms with Crippen molar-refractivity contribution in [2.24, 2.45) is 0 Å².